The predicted molar refractivity (Wildman–Crippen MR) is 113 cm³/mol. The lowest BCUT2D eigenvalue weighted by atomic mass is 10.1. The number of aromatic nitrogens is 1. The Kier molecular flexibility index (Phi) is 6.78. The van der Waals surface area contributed by atoms with Gasteiger partial charge in [0, 0.05) is 24.6 Å². The number of nitrogens with one attached hydrogen (secondary N) is 2. The molecule has 0 aliphatic rings. The van der Waals surface area contributed by atoms with E-state index in [4.69, 9.17) is 4.74 Å². The number of hydrogen-bond acceptors (Lipinski definition) is 6. The van der Waals surface area contributed by atoms with Crippen LogP contribution < -0.4 is 26.2 Å². The van der Waals surface area contributed by atoms with Crippen LogP contribution in [0.3, 0.4) is 0 Å². The molecule has 0 atom stereocenters. The highest BCUT2D eigenvalue weighted by Gasteiger charge is 2.20. The number of anilines is 3. The smallest absolute Gasteiger partial charge is 0.253 e. The number of pyridine rings is 1. The van der Waals surface area contributed by atoms with Gasteiger partial charge in [-0.1, -0.05) is 30.5 Å². The number of rotatable bonds is 11. The van der Waals surface area contributed by atoms with E-state index in [0.717, 1.165) is 37.1 Å². The maximum Gasteiger partial charge on any atom is 0.253 e. The number of ether oxygens (including phenoxy) is 1. The average Bonchev–Trinajstić information content (AvgIpc) is 2.73. The summed E-state index contributed by atoms with van der Waals surface area (Å²) in [4.78, 5) is 27.5. The van der Waals surface area contributed by atoms with Crippen LogP contribution >= 0.6 is 0 Å². The molecule has 0 fully saturated rings. The van der Waals surface area contributed by atoms with Crippen LogP contribution in [0.2, 0.25) is 0 Å². The van der Waals surface area contributed by atoms with E-state index < -0.39 is 10.9 Å². The van der Waals surface area contributed by atoms with Gasteiger partial charge in [0.25, 0.3) is 10.9 Å². The van der Waals surface area contributed by atoms with Crippen molar-refractivity contribution in [1.29, 1.82) is 0 Å². The molecular formula is C22H25N3O3. The van der Waals surface area contributed by atoms with Crippen LogP contribution in [-0.4, -0.2) is 18.1 Å². The molecule has 6 heteroatoms. The first-order chi connectivity index (χ1) is 13.6. The second kappa shape index (κ2) is 9.69. The van der Waals surface area contributed by atoms with E-state index in [1.807, 2.05) is 24.3 Å². The third kappa shape index (κ3) is 5.19. The van der Waals surface area contributed by atoms with Gasteiger partial charge in [-0.05, 0) is 44.0 Å². The molecular weight excluding hydrogens is 354 g/mol. The fourth-order valence-corrected chi connectivity index (χ4v) is 2.88. The zero-order chi connectivity index (χ0) is 19.8. The van der Waals surface area contributed by atoms with Crippen molar-refractivity contribution in [3.8, 4) is 5.75 Å². The van der Waals surface area contributed by atoms with E-state index >= 15 is 0 Å². The molecule has 6 nitrogen and oxygen atoms in total. The summed E-state index contributed by atoms with van der Waals surface area (Å²) in [5.41, 5.74) is 1.74. The minimum Gasteiger partial charge on any atom is -0.494 e. The summed E-state index contributed by atoms with van der Waals surface area (Å²) in [5, 5.41) is 6.08. The second-order valence-corrected chi connectivity index (χ2v) is 6.77. The summed E-state index contributed by atoms with van der Waals surface area (Å²) in [5.74, 6) is 0.904. The number of unbranched alkanes of at least 4 members (excludes halogenated alkanes) is 3. The molecule has 0 aliphatic carbocycles. The Morgan fingerprint density at radius 3 is 2.29 bits per heavy atom. The molecule has 0 saturated heterocycles. The van der Waals surface area contributed by atoms with Crippen LogP contribution in [0.4, 0.5) is 17.1 Å². The van der Waals surface area contributed by atoms with Crippen molar-refractivity contribution in [3.05, 3.63) is 74.8 Å². The summed E-state index contributed by atoms with van der Waals surface area (Å²) in [6.45, 7) is 3.42. The van der Waals surface area contributed by atoms with Gasteiger partial charge < -0.3 is 15.4 Å². The maximum absolute atomic E-state index is 11.8. The van der Waals surface area contributed by atoms with E-state index in [1.165, 1.54) is 5.56 Å². The minimum absolute atomic E-state index is 0.336. The number of hydrogen-bond donors (Lipinski definition) is 2. The summed E-state index contributed by atoms with van der Waals surface area (Å²) >= 11 is 0. The molecule has 0 aliphatic heterocycles. The van der Waals surface area contributed by atoms with Crippen LogP contribution in [0.1, 0.15) is 31.2 Å². The van der Waals surface area contributed by atoms with Gasteiger partial charge in [0.15, 0.2) is 0 Å². The molecule has 2 aromatic carbocycles. The molecule has 0 bridgehead atoms. The third-order valence-corrected chi connectivity index (χ3v) is 4.52. The Balaban J connectivity index is 1.32. The van der Waals surface area contributed by atoms with Crippen molar-refractivity contribution in [1.82, 2.24) is 4.98 Å². The summed E-state index contributed by atoms with van der Waals surface area (Å²) in [7, 11) is 0. The van der Waals surface area contributed by atoms with Gasteiger partial charge in [-0.3, -0.25) is 14.6 Å². The molecule has 1 heterocycles. The van der Waals surface area contributed by atoms with Crippen molar-refractivity contribution >= 4 is 17.1 Å². The van der Waals surface area contributed by atoms with Crippen molar-refractivity contribution in [2.75, 3.05) is 23.8 Å². The molecule has 146 valence electrons. The number of benzene rings is 1. The first-order valence-electron chi connectivity index (χ1n) is 9.59. The number of nitrogens with zero attached hydrogens (tertiary/aromatic N) is 1. The van der Waals surface area contributed by atoms with Crippen LogP contribution in [0.5, 0.6) is 5.75 Å². The topological polar surface area (TPSA) is 80.3 Å². The summed E-state index contributed by atoms with van der Waals surface area (Å²) < 4.78 is 5.71. The van der Waals surface area contributed by atoms with Gasteiger partial charge in [0.1, 0.15) is 17.1 Å². The van der Waals surface area contributed by atoms with Crippen LogP contribution in [0.15, 0.2) is 58.4 Å². The standard InChI is InChI=1S/C22H25N3O3/c1-16-6-8-18(9-7-16)28-15-5-3-2-4-12-24-19-20(22(27)21(19)26)25-17-10-13-23-14-11-17/h6-11,13-14,24H,2-5,12,15H2,1H3,(H,23,25). The van der Waals surface area contributed by atoms with Gasteiger partial charge in [0.05, 0.1) is 6.61 Å². The van der Waals surface area contributed by atoms with Crippen LogP contribution in [-0.2, 0) is 0 Å². The van der Waals surface area contributed by atoms with Crippen LogP contribution in [0, 0.1) is 6.92 Å². The Labute approximate surface area is 164 Å². The molecule has 1 aromatic heterocycles. The predicted octanol–water partition coefficient (Wildman–Crippen LogP) is 3.78. The van der Waals surface area contributed by atoms with Crippen molar-refractivity contribution < 1.29 is 4.74 Å². The minimum atomic E-state index is -0.479. The molecule has 0 saturated carbocycles. The van der Waals surface area contributed by atoms with Crippen molar-refractivity contribution in [3.63, 3.8) is 0 Å². The van der Waals surface area contributed by atoms with Gasteiger partial charge >= 0.3 is 0 Å². The average molecular weight is 379 g/mol. The van der Waals surface area contributed by atoms with Gasteiger partial charge in [-0.15, -0.1) is 0 Å². The SMILES string of the molecule is Cc1ccc(OCCCCCCNc2c(Nc3ccncc3)c(=O)c2=O)cc1. The lowest BCUT2D eigenvalue weighted by Gasteiger charge is -2.14. The quantitative estimate of drug-likeness (QED) is 0.390. The molecule has 2 N–H and O–H groups in total. The monoisotopic (exact) mass is 379 g/mol. The van der Waals surface area contributed by atoms with Gasteiger partial charge in [-0.2, -0.15) is 0 Å². The second-order valence-electron chi connectivity index (χ2n) is 6.77. The lowest BCUT2D eigenvalue weighted by molar-refractivity contribution is 0.305. The first-order valence-corrected chi connectivity index (χ1v) is 9.59. The first kappa shape index (κ1) is 19.6. The fourth-order valence-electron chi connectivity index (χ4n) is 2.88. The molecule has 0 unspecified atom stereocenters. The Bertz CT molecular complexity index is 946. The van der Waals surface area contributed by atoms with Gasteiger partial charge in [0.2, 0.25) is 0 Å². The largest absolute Gasteiger partial charge is 0.494 e. The Hall–Kier alpha value is -3.15. The van der Waals surface area contributed by atoms with Gasteiger partial charge in [-0.25, -0.2) is 0 Å². The molecule has 28 heavy (non-hydrogen) atoms. The molecule has 0 amide bonds. The summed E-state index contributed by atoms with van der Waals surface area (Å²) in [6, 6.07) is 11.6. The maximum atomic E-state index is 11.8. The molecule has 0 spiro atoms. The Morgan fingerprint density at radius 1 is 0.857 bits per heavy atom. The highest BCUT2D eigenvalue weighted by molar-refractivity contribution is 5.78. The van der Waals surface area contributed by atoms with E-state index in [9.17, 15) is 9.59 Å². The van der Waals surface area contributed by atoms with E-state index in [-0.39, 0.29) is 0 Å². The number of aryl methyl sites for hydroxylation is 1. The van der Waals surface area contributed by atoms with Crippen molar-refractivity contribution in [2.45, 2.75) is 32.6 Å². The van der Waals surface area contributed by atoms with E-state index in [2.05, 4.69) is 22.5 Å². The molecule has 3 aromatic rings. The van der Waals surface area contributed by atoms with E-state index in [1.54, 1.807) is 24.5 Å². The van der Waals surface area contributed by atoms with Crippen LogP contribution in [0.25, 0.3) is 0 Å². The molecule has 0 radical (unpaired) electrons. The Morgan fingerprint density at radius 2 is 1.54 bits per heavy atom. The molecule has 3 rings (SSSR count). The lowest BCUT2D eigenvalue weighted by Crippen LogP contribution is -2.36. The van der Waals surface area contributed by atoms with Crippen molar-refractivity contribution in [2.24, 2.45) is 0 Å². The zero-order valence-corrected chi connectivity index (χ0v) is 16.0. The highest BCUT2D eigenvalue weighted by atomic mass is 16.5. The van der Waals surface area contributed by atoms with E-state index in [0.29, 0.717) is 24.5 Å². The third-order valence-electron chi connectivity index (χ3n) is 4.52. The zero-order valence-electron chi connectivity index (χ0n) is 16.0. The highest BCUT2D eigenvalue weighted by Crippen LogP contribution is 2.20. The normalized spacial score (nSPS) is 10.8. The summed E-state index contributed by atoms with van der Waals surface area (Å²) in [6.07, 6.45) is 7.27. The fraction of sp³-hybridized carbons (Fsp3) is 0.318.